The second-order valence-corrected chi connectivity index (χ2v) is 3.47. The molecule has 0 spiro atoms. The predicted octanol–water partition coefficient (Wildman–Crippen LogP) is 2.34. The van der Waals surface area contributed by atoms with Crippen LogP contribution in [0.5, 0.6) is 0 Å². The zero-order chi connectivity index (χ0) is 10.1. The first kappa shape index (κ1) is 9.16. The van der Waals surface area contributed by atoms with Gasteiger partial charge < -0.3 is 5.11 Å². The lowest BCUT2D eigenvalue weighted by molar-refractivity contribution is 0.278. The Labute approximate surface area is 83.2 Å². The van der Waals surface area contributed by atoms with Crippen molar-refractivity contribution in [3.63, 3.8) is 0 Å². The summed E-state index contributed by atoms with van der Waals surface area (Å²) in [5, 5.41) is 11.4. The fraction of sp³-hybridized carbons (Fsp3) is 0.250. The summed E-state index contributed by atoms with van der Waals surface area (Å²) in [5.74, 6) is 0. The highest BCUT2D eigenvalue weighted by Gasteiger charge is 2.06. The maximum atomic E-state index is 9.19. The smallest absolute Gasteiger partial charge is 0.0859 e. The average Bonchev–Trinajstić information content (AvgIpc) is 2.23. The highest BCUT2D eigenvalue weighted by Crippen LogP contribution is 2.22. The summed E-state index contributed by atoms with van der Waals surface area (Å²) in [4.78, 5) is 4.37. The summed E-state index contributed by atoms with van der Waals surface area (Å²) >= 11 is 0. The molecule has 2 rings (SSSR count). The Bertz CT molecular complexity index is 477. The van der Waals surface area contributed by atoms with Crippen LogP contribution in [-0.2, 0) is 6.61 Å². The highest BCUT2D eigenvalue weighted by molar-refractivity contribution is 5.87. The molecule has 0 aliphatic heterocycles. The van der Waals surface area contributed by atoms with E-state index in [9.17, 15) is 5.11 Å². The standard InChI is InChI=1S/C12H13NO/c1-8-9(2)13-12(7-14)11-6-4-3-5-10(8)11/h3-6,14H,7H2,1-2H3. The number of aliphatic hydroxyl groups excluding tert-OH is 1. The van der Waals surface area contributed by atoms with Gasteiger partial charge in [-0.25, -0.2) is 0 Å². The molecule has 1 aromatic carbocycles. The van der Waals surface area contributed by atoms with Crippen molar-refractivity contribution < 1.29 is 5.11 Å². The van der Waals surface area contributed by atoms with E-state index in [-0.39, 0.29) is 6.61 Å². The number of pyridine rings is 1. The molecule has 0 bridgehead atoms. The van der Waals surface area contributed by atoms with Crippen molar-refractivity contribution in [2.24, 2.45) is 0 Å². The largest absolute Gasteiger partial charge is 0.390 e. The second-order valence-electron chi connectivity index (χ2n) is 3.47. The Balaban J connectivity index is 2.89. The third-order valence-corrected chi connectivity index (χ3v) is 2.64. The van der Waals surface area contributed by atoms with E-state index < -0.39 is 0 Å². The van der Waals surface area contributed by atoms with Crippen LogP contribution in [0, 0.1) is 13.8 Å². The predicted molar refractivity (Wildman–Crippen MR) is 57.1 cm³/mol. The number of fused-ring (bicyclic) bond motifs is 1. The molecule has 0 saturated carbocycles. The van der Waals surface area contributed by atoms with Crippen LogP contribution in [0.2, 0.25) is 0 Å². The van der Waals surface area contributed by atoms with Crippen LogP contribution in [0.25, 0.3) is 10.8 Å². The van der Waals surface area contributed by atoms with Gasteiger partial charge in [0.15, 0.2) is 0 Å². The van der Waals surface area contributed by atoms with Crippen LogP contribution in [0.3, 0.4) is 0 Å². The van der Waals surface area contributed by atoms with Gasteiger partial charge >= 0.3 is 0 Å². The maximum Gasteiger partial charge on any atom is 0.0859 e. The average molecular weight is 187 g/mol. The summed E-state index contributed by atoms with van der Waals surface area (Å²) in [7, 11) is 0. The first-order valence-electron chi connectivity index (χ1n) is 4.69. The third-order valence-electron chi connectivity index (χ3n) is 2.64. The van der Waals surface area contributed by atoms with E-state index >= 15 is 0 Å². The topological polar surface area (TPSA) is 33.1 Å². The van der Waals surface area contributed by atoms with Crippen molar-refractivity contribution in [2.45, 2.75) is 20.5 Å². The van der Waals surface area contributed by atoms with Crippen molar-refractivity contribution in [3.05, 3.63) is 41.2 Å². The van der Waals surface area contributed by atoms with Gasteiger partial charge in [0.25, 0.3) is 0 Å². The Hall–Kier alpha value is -1.41. The first-order valence-corrected chi connectivity index (χ1v) is 4.69. The van der Waals surface area contributed by atoms with Gasteiger partial charge in [0.2, 0.25) is 0 Å². The molecule has 1 N–H and O–H groups in total. The molecule has 0 aliphatic rings. The molecular formula is C12H13NO. The molecule has 0 atom stereocenters. The molecule has 1 aromatic heterocycles. The lowest BCUT2D eigenvalue weighted by Gasteiger charge is -2.08. The zero-order valence-corrected chi connectivity index (χ0v) is 8.41. The van der Waals surface area contributed by atoms with Gasteiger partial charge in [0.1, 0.15) is 0 Å². The SMILES string of the molecule is Cc1nc(CO)c2ccccc2c1C. The Morgan fingerprint density at radius 1 is 1.14 bits per heavy atom. The molecular weight excluding hydrogens is 174 g/mol. The number of aliphatic hydroxyl groups is 1. The van der Waals surface area contributed by atoms with Crippen molar-refractivity contribution >= 4 is 10.8 Å². The van der Waals surface area contributed by atoms with E-state index in [2.05, 4.69) is 18.0 Å². The summed E-state index contributed by atoms with van der Waals surface area (Å²) in [5.41, 5.74) is 2.95. The van der Waals surface area contributed by atoms with E-state index in [0.29, 0.717) is 0 Å². The van der Waals surface area contributed by atoms with Crippen molar-refractivity contribution in [2.75, 3.05) is 0 Å². The minimum atomic E-state index is 0.00162. The quantitative estimate of drug-likeness (QED) is 0.743. The number of aryl methyl sites for hydroxylation is 2. The summed E-state index contributed by atoms with van der Waals surface area (Å²) in [6.45, 7) is 4.04. The van der Waals surface area contributed by atoms with Crippen LogP contribution in [0.1, 0.15) is 17.0 Å². The van der Waals surface area contributed by atoms with E-state index in [1.165, 1.54) is 10.9 Å². The van der Waals surface area contributed by atoms with Crippen molar-refractivity contribution in [1.29, 1.82) is 0 Å². The number of aromatic nitrogens is 1. The molecule has 72 valence electrons. The van der Waals surface area contributed by atoms with E-state index in [0.717, 1.165) is 16.8 Å². The summed E-state index contributed by atoms with van der Waals surface area (Å²) < 4.78 is 0. The van der Waals surface area contributed by atoms with Crippen molar-refractivity contribution in [3.8, 4) is 0 Å². The second kappa shape index (κ2) is 3.39. The number of hydrogen-bond donors (Lipinski definition) is 1. The lowest BCUT2D eigenvalue weighted by atomic mass is 10.0. The van der Waals surface area contributed by atoms with Gasteiger partial charge in [0, 0.05) is 11.1 Å². The van der Waals surface area contributed by atoms with Crippen LogP contribution in [0.15, 0.2) is 24.3 Å². The molecule has 1 heterocycles. The summed E-state index contributed by atoms with van der Waals surface area (Å²) in [6.07, 6.45) is 0. The van der Waals surface area contributed by atoms with Gasteiger partial charge in [-0.1, -0.05) is 24.3 Å². The van der Waals surface area contributed by atoms with Crippen LogP contribution in [0.4, 0.5) is 0 Å². The first-order chi connectivity index (χ1) is 6.74. The summed E-state index contributed by atoms with van der Waals surface area (Å²) in [6, 6.07) is 8.05. The monoisotopic (exact) mass is 187 g/mol. The fourth-order valence-corrected chi connectivity index (χ4v) is 1.72. The lowest BCUT2D eigenvalue weighted by Crippen LogP contribution is -1.97. The third kappa shape index (κ3) is 1.28. The zero-order valence-electron chi connectivity index (χ0n) is 8.41. The molecule has 0 unspecified atom stereocenters. The van der Waals surface area contributed by atoms with Crippen LogP contribution < -0.4 is 0 Å². The van der Waals surface area contributed by atoms with Crippen molar-refractivity contribution in [1.82, 2.24) is 4.98 Å². The Morgan fingerprint density at radius 3 is 2.43 bits per heavy atom. The molecule has 14 heavy (non-hydrogen) atoms. The van der Waals surface area contributed by atoms with Crippen LogP contribution >= 0.6 is 0 Å². The van der Waals surface area contributed by atoms with Gasteiger partial charge in [-0.3, -0.25) is 4.98 Å². The van der Waals surface area contributed by atoms with E-state index in [4.69, 9.17) is 0 Å². The molecule has 0 radical (unpaired) electrons. The van der Waals surface area contributed by atoms with Gasteiger partial charge in [-0.05, 0) is 24.8 Å². The Morgan fingerprint density at radius 2 is 1.79 bits per heavy atom. The van der Waals surface area contributed by atoms with E-state index in [1.54, 1.807) is 0 Å². The molecule has 0 saturated heterocycles. The van der Waals surface area contributed by atoms with Gasteiger partial charge in [0.05, 0.1) is 12.3 Å². The number of nitrogens with zero attached hydrogens (tertiary/aromatic N) is 1. The van der Waals surface area contributed by atoms with E-state index in [1.807, 2.05) is 25.1 Å². The molecule has 0 aliphatic carbocycles. The van der Waals surface area contributed by atoms with Gasteiger partial charge in [-0.15, -0.1) is 0 Å². The molecule has 2 heteroatoms. The maximum absolute atomic E-state index is 9.19. The number of hydrogen-bond acceptors (Lipinski definition) is 2. The molecule has 0 fully saturated rings. The highest BCUT2D eigenvalue weighted by atomic mass is 16.3. The molecule has 2 nitrogen and oxygen atoms in total. The van der Waals surface area contributed by atoms with Crippen LogP contribution in [-0.4, -0.2) is 10.1 Å². The fourth-order valence-electron chi connectivity index (χ4n) is 1.72. The number of rotatable bonds is 1. The number of benzene rings is 1. The van der Waals surface area contributed by atoms with Gasteiger partial charge in [-0.2, -0.15) is 0 Å². The minimum absolute atomic E-state index is 0.00162. The normalized spacial score (nSPS) is 10.8. The minimum Gasteiger partial charge on any atom is -0.390 e. The molecule has 0 amide bonds. The molecule has 2 aromatic rings. The Kier molecular flexibility index (Phi) is 2.22.